The second-order valence-corrected chi connectivity index (χ2v) is 12.2. The number of aromatic nitrogens is 4. The minimum Gasteiger partial charge on any atom is -0.277 e. The van der Waals surface area contributed by atoms with Crippen LogP contribution in [0, 0.1) is 0 Å². The van der Waals surface area contributed by atoms with Gasteiger partial charge in [0.1, 0.15) is 0 Å². The summed E-state index contributed by atoms with van der Waals surface area (Å²) < 4.78 is 10.6. The molecule has 0 saturated carbocycles. The molecule has 1 aliphatic heterocycles. The fraction of sp³-hybridized carbons (Fsp3) is 0.100. The van der Waals surface area contributed by atoms with Crippen LogP contribution in [0.25, 0.3) is 33.9 Å². The van der Waals surface area contributed by atoms with Gasteiger partial charge in [-0.1, -0.05) is 127 Å². The van der Waals surface area contributed by atoms with E-state index in [4.69, 9.17) is 10.2 Å². The maximum Gasteiger partial charge on any atom is 0.469 e. The fourth-order valence-electron chi connectivity index (χ4n) is 5.67. The highest BCUT2D eigenvalue weighted by Crippen LogP contribution is 2.27. The van der Waals surface area contributed by atoms with Crippen molar-refractivity contribution in [3.8, 4) is 22.8 Å². The van der Waals surface area contributed by atoms with E-state index in [1.807, 2.05) is 82.4 Å². The number of para-hydroxylation sites is 2. The molecule has 8 heteroatoms. The van der Waals surface area contributed by atoms with Crippen LogP contribution in [-0.4, -0.2) is 10.2 Å². The summed E-state index contributed by atoms with van der Waals surface area (Å²) in [6.45, 7) is 4.24. The third-order valence-corrected chi connectivity index (χ3v) is 9.05. The third kappa shape index (κ3) is 7.17. The molecular formula is C40H37N7S+2. The molecule has 0 bridgehead atoms. The van der Waals surface area contributed by atoms with Crippen molar-refractivity contribution in [2.45, 2.75) is 26.2 Å². The topological polar surface area (TPSA) is 69.6 Å². The Morgan fingerprint density at radius 1 is 0.625 bits per heavy atom. The maximum atomic E-state index is 4.89. The summed E-state index contributed by atoms with van der Waals surface area (Å²) in [5.41, 5.74) is 9.93. The highest BCUT2D eigenvalue weighted by molar-refractivity contribution is 7.95. The SMILES string of the molecule is C/C=C(/C=C(/C)c1ccc(C2NSNC(c3ccccc3)N2)cc1)c1ccc(-c2n[n+](-c3ccccc3)c[n+](-c3ccccc3)n2)cc1. The maximum absolute atomic E-state index is 4.89. The summed E-state index contributed by atoms with van der Waals surface area (Å²) >= 11 is 1.53. The van der Waals surface area contributed by atoms with E-state index in [0.29, 0.717) is 5.82 Å². The summed E-state index contributed by atoms with van der Waals surface area (Å²) in [6.07, 6.45) is 6.40. The molecule has 6 aromatic rings. The minimum absolute atomic E-state index is 0.0299. The predicted octanol–water partition coefficient (Wildman–Crippen LogP) is 7.25. The molecule has 2 heterocycles. The van der Waals surface area contributed by atoms with Gasteiger partial charge >= 0.3 is 6.33 Å². The molecule has 7 nitrogen and oxygen atoms in total. The lowest BCUT2D eigenvalue weighted by atomic mass is 9.98. The summed E-state index contributed by atoms with van der Waals surface area (Å²) in [6, 6.07) is 47.9. The lowest BCUT2D eigenvalue weighted by Crippen LogP contribution is -2.49. The molecular weight excluding hydrogens is 611 g/mol. The number of nitrogens with zero attached hydrogens (tertiary/aromatic N) is 4. The van der Waals surface area contributed by atoms with E-state index < -0.39 is 0 Å². The van der Waals surface area contributed by atoms with Gasteiger partial charge in [-0.15, -0.1) is 0 Å². The molecule has 1 saturated heterocycles. The van der Waals surface area contributed by atoms with Crippen molar-refractivity contribution in [3.05, 3.63) is 180 Å². The molecule has 1 fully saturated rings. The fourth-order valence-corrected chi connectivity index (χ4v) is 6.38. The lowest BCUT2D eigenvalue weighted by molar-refractivity contribution is -0.797. The first kappa shape index (κ1) is 31.4. The number of benzene rings is 5. The molecule has 2 unspecified atom stereocenters. The van der Waals surface area contributed by atoms with E-state index in [-0.39, 0.29) is 12.3 Å². The van der Waals surface area contributed by atoms with Gasteiger partial charge in [-0.2, -0.15) is 0 Å². The van der Waals surface area contributed by atoms with Gasteiger partial charge in [0.05, 0.1) is 12.3 Å². The van der Waals surface area contributed by atoms with Gasteiger partial charge < -0.3 is 0 Å². The van der Waals surface area contributed by atoms with Gasteiger partial charge in [-0.3, -0.25) is 5.32 Å². The summed E-state index contributed by atoms with van der Waals surface area (Å²) in [4.78, 5) is 0. The van der Waals surface area contributed by atoms with Crippen molar-refractivity contribution in [1.82, 2.24) is 25.0 Å². The first-order valence-corrected chi connectivity index (χ1v) is 16.8. The predicted molar refractivity (Wildman–Crippen MR) is 193 cm³/mol. The zero-order valence-electron chi connectivity index (χ0n) is 26.9. The van der Waals surface area contributed by atoms with Crippen molar-refractivity contribution in [2.24, 2.45) is 0 Å². The van der Waals surface area contributed by atoms with Crippen LogP contribution in [0.1, 0.15) is 48.4 Å². The van der Waals surface area contributed by atoms with Crippen LogP contribution in [-0.2, 0) is 0 Å². The Balaban J connectivity index is 1.10. The van der Waals surface area contributed by atoms with E-state index in [9.17, 15) is 0 Å². The summed E-state index contributed by atoms with van der Waals surface area (Å²) in [5.74, 6) is 0.636. The van der Waals surface area contributed by atoms with Crippen LogP contribution >= 0.6 is 12.1 Å². The Hall–Kier alpha value is -5.25. The Bertz CT molecular complexity index is 1970. The number of hydrogen-bond donors (Lipinski definition) is 3. The normalized spacial score (nSPS) is 16.9. The van der Waals surface area contributed by atoms with Gasteiger partial charge in [0.2, 0.25) is 11.4 Å². The second-order valence-electron chi connectivity index (χ2n) is 11.6. The molecule has 1 aliphatic rings. The van der Waals surface area contributed by atoms with Crippen molar-refractivity contribution in [1.29, 1.82) is 0 Å². The molecule has 48 heavy (non-hydrogen) atoms. The quantitative estimate of drug-likeness (QED) is 0.0919. The largest absolute Gasteiger partial charge is 0.469 e. The number of rotatable bonds is 8. The molecule has 236 valence electrons. The minimum atomic E-state index is 0.0299. The number of hydrogen-bond acceptors (Lipinski definition) is 6. The number of allylic oxidation sites excluding steroid dienone is 4. The third-order valence-electron chi connectivity index (χ3n) is 8.34. The summed E-state index contributed by atoms with van der Waals surface area (Å²) in [7, 11) is 0. The van der Waals surface area contributed by atoms with Gasteiger partial charge in [-0.25, -0.2) is 9.44 Å². The van der Waals surface area contributed by atoms with E-state index in [1.165, 1.54) is 34.4 Å². The zero-order chi connectivity index (χ0) is 32.7. The van der Waals surface area contributed by atoms with Crippen molar-refractivity contribution in [3.63, 3.8) is 0 Å². The molecule has 0 radical (unpaired) electrons. The first-order valence-electron chi connectivity index (χ1n) is 16.0. The monoisotopic (exact) mass is 647 g/mol. The molecule has 3 N–H and O–H groups in total. The summed E-state index contributed by atoms with van der Waals surface area (Å²) in [5, 5.41) is 13.4. The highest BCUT2D eigenvalue weighted by Gasteiger charge is 2.24. The van der Waals surface area contributed by atoms with E-state index >= 15 is 0 Å². The Morgan fingerprint density at radius 2 is 1.12 bits per heavy atom. The molecule has 0 aliphatic carbocycles. The van der Waals surface area contributed by atoms with Crippen LogP contribution < -0.4 is 24.1 Å². The van der Waals surface area contributed by atoms with Gasteiger partial charge in [0.15, 0.2) is 0 Å². The standard InChI is InChI=1S/C40H37N7S/c1-3-30(27-29(2)31-19-23-34(24-20-31)39-41-38(44-48-45-39)33-13-7-4-8-14-33)32-21-25-35(26-22-32)40-42-46(36-15-9-5-10-16-36)28-47(43-40)37-17-11-6-12-18-37/h3-28,38-39,41,44-45H,1-2H3/q+2/b29-27-,30-3-. The number of nitrogens with one attached hydrogen (secondary N) is 3. The molecule has 7 rings (SSSR count). The van der Waals surface area contributed by atoms with Gasteiger partial charge in [0, 0.05) is 61.5 Å². The Labute approximate surface area is 286 Å². The van der Waals surface area contributed by atoms with Crippen LogP contribution in [0.4, 0.5) is 0 Å². The first-order chi connectivity index (χ1) is 23.6. The molecule has 2 atom stereocenters. The smallest absolute Gasteiger partial charge is 0.277 e. The van der Waals surface area contributed by atoms with Crippen LogP contribution in [0.15, 0.2) is 158 Å². The van der Waals surface area contributed by atoms with E-state index in [2.05, 4.69) is 114 Å². The molecule has 0 amide bonds. The van der Waals surface area contributed by atoms with Crippen molar-refractivity contribution in [2.75, 3.05) is 0 Å². The van der Waals surface area contributed by atoms with Crippen LogP contribution in [0.2, 0.25) is 0 Å². The lowest BCUT2D eigenvalue weighted by Gasteiger charge is -2.32. The average molecular weight is 648 g/mol. The van der Waals surface area contributed by atoms with Crippen LogP contribution in [0.5, 0.6) is 0 Å². The van der Waals surface area contributed by atoms with E-state index in [1.54, 1.807) is 0 Å². The van der Waals surface area contributed by atoms with Crippen LogP contribution in [0.3, 0.4) is 0 Å². The molecule has 5 aromatic carbocycles. The van der Waals surface area contributed by atoms with Crippen molar-refractivity contribution >= 4 is 23.3 Å². The van der Waals surface area contributed by atoms with Gasteiger partial charge in [0.25, 0.3) is 5.82 Å². The Morgan fingerprint density at radius 3 is 1.67 bits per heavy atom. The Kier molecular flexibility index (Phi) is 9.58. The second kappa shape index (κ2) is 14.7. The average Bonchev–Trinajstić information content (AvgIpc) is 3.18. The van der Waals surface area contributed by atoms with Gasteiger partial charge in [-0.05, 0) is 47.2 Å². The molecule has 0 spiro atoms. The van der Waals surface area contributed by atoms with E-state index in [0.717, 1.165) is 28.1 Å². The van der Waals surface area contributed by atoms with Crippen molar-refractivity contribution < 1.29 is 9.36 Å². The zero-order valence-corrected chi connectivity index (χ0v) is 27.7. The highest BCUT2D eigenvalue weighted by atomic mass is 32.2. The molecule has 1 aromatic heterocycles.